The van der Waals surface area contributed by atoms with Gasteiger partial charge in [-0.25, -0.2) is 9.07 Å². The minimum atomic E-state index is -0.649. The van der Waals surface area contributed by atoms with Gasteiger partial charge in [0.25, 0.3) is 0 Å². The normalized spacial score (nSPS) is 15.9. The van der Waals surface area contributed by atoms with Crippen LogP contribution < -0.4 is 4.74 Å². The van der Waals surface area contributed by atoms with Crippen molar-refractivity contribution < 1.29 is 14.2 Å². The fraction of sp³-hybridized carbons (Fsp3) is 0.462. The fourth-order valence-corrected chi connectivity index (χ4v) is 2.62. The third-order valence-electron chi connectivity index (χ3n) is 3.02. The van der Waals surface area contributed by atoms with Crippen LogP contribution in [0.5, 0.6) is 5.75 Å². The van der Waals surface area contributed by atoms with Gasteiger partial charge in [0.15, 0.2) is 0 Å². The van der Waals surface area contributed by atoms with Crippen LogP contribution in [0.2, 0.25) is 0 Å². The highest BCUT2D eigenvalue weighted by Gasteiger charge is 2.28. The van der Waals surface area contributed by atoms with Gasteiger partial charge >= 0.3 is 0 Å². The maximum Gasteiger partial charge on any atom is 0.209 e. The van der Waals surface area contributed by atoms with E-state index in [4.69, 9.17) is 4.74 Å². The molecule has 1 heterocycles. The lowest BCUT2D eigenvalue weighted by Gasteiger charge is -2.11. The molecule has 3 rings (SSSR count). The average Bonchev–Trinajstić information content (AvgIpc) is 3.23. The van der Waals surface area contributed by atoms with Crippen molar-refractivity contribution in [1.29, 1.82) is 0 Å². The van der Waals surface area contributed by atoms with Gasteiger partial charge in [0, 0.05) is 5.75 Å². The lowest BCUT2D eigenvalue weighted by Crippen LogP contribution is -2.20. The summed E-state index contributed by atoms with van der Waals surface area (Å²) in [4.78, 5) is 0. The Labute approximate surface area is 125 Å². The molecule has 112 valence electrons. The summed E-state index contributed by atoms with van der Waals surface area (Å²) in [5.41, 5.74) is 0. The zero-order valence-electron chi connectivity index (χ0n) is 11.2. The molecule has 1 atom stereocenters. The van der Waals surface area contributed by atoms with Gasteiger partial charge in [0.2, 0.25) is 5.16 Å². The first-order valence-corrected chi connectivity index (χ1v) is 7.68. The molecule has 1 aromatic carbocycles. The molecule has 0 bridgehead atoms. The van der Waals surface area contributed by atoms with Crippen LogP contribution in [0.3, 0.4) is 0 Å². The van der Waals surface area contributed by atoms with E-state index in [1.165, 1.54) is 36.0 Å². The lowest BCUT2D eigenvalue weighted by molar-refractivity contribution is 0.126. The van der Waals surface area contributed by atoms with Gasteiger partial charge in [-0.05, 0) is 47.5 Å². The number of ether oxygens (including phenoxy) is 1. The number of tetrazole rings is 1. The number of benzene rings is 1. The van der Waals surface area contributed by atoms with Gasteiger partial charge in [-0.3, -0.25) is 0 Å². The zero-order valence-corrected chi connectivity index (χ0v) is 12.0. The predicted molar refractivity (Wildman–Crippen MR) is 74.7 cm³/mol. The molecule has 0 radical (unpaired) electrons. The molecule has 1 unspecified atom stereocenters. The smallest absolute Gasteiger partial charge is 0.209 e. The molecule has 1 aromatic heterocycles. The van der Waals surface area contributed by atoms with Gasteiger partial charge in [0.05, 0.1) is 12.1 Å². The van der Waals surface area contributed by atoms with Crippen molar-refractivity contribution in [1.82, 2.24) is 20.2 Å². The highest BCUT2D eigenvalue weighted by atomic mass is 32.2. The van der Waals surface area contributed by atoms with Crippen molar-refractivity contribution in [3.63, 3.8) is 0 Å². The highest BCUT2D eigenvalue weighted by Crippen LogP contribution is 2.36. The Morgan fingerprint density at radius 2 is 2.14 bits per heavy atom. The first-order valence-electron chi connectivity index (χ1n) is 6.69. The van der Waals surface area contributed by atoms with Crippen LogP contribution in [0.1, 0.15) is 18.9 Å². The molecule has 0 amide bonds. The zero-order chi connectivity index (χ0) is 14.7. The second kappa shape index (κ2) is 6.40. The maximum absolute atomic E-state index is 12.7. The minimum Gasteiger partial charge on any atom is -0.491 e. The summed E-state index contributed by atoms with van der Waals surface area (Å²) in [6.45, 7) is 0.142. The first kappa shape index (κ1) is 14.3. The predicted octanol–water partition coefficient (Wildman–Crippen LogP) is 1.68. The Balaban J connectivity index is 1.44. The summed E-state index contributed by atoms with van der Waals surface area (Å²) in [5.74, 6) is 0.655. The van der Waals surface area contributed by atoms with Crippen molar-refractivity contribution in [3.05, 3.63) is 30.1 Å². The van der Waals surface area contributed by atoms with Crippen LogP contribution in [0.4, 0.5) is 4.39 Å². The van der Waals surface area contributed by atoms with Gasteiger partial charge in [-0.1, -0.05) is 11.8 Å². The summed E-state index contributed by atoms with van der Waals surface area (Å²) < 4.78 is 19.9. The van der Waals surface area contributed by atoms with Crippen LogP contribution in [0.25, 0.3) is 0 Å². The third-order valence-corrected chi connectivity index (χ3v) is 4.09. The molecule has 0 saturated heterocycles. The molecule has 1 saturated carbocycles. The maximum atomic E-state index is 12.7. The molecule has 2 aromatic rings. The molecule has 1 aliphatic carbocycles. The highest BCUT2D eigenvalue weighted by molar-refractivity contribution is 7.99. The van der Waals surface area contributed by atoms with Crippen molar-refractivity contribution in [2.24, 2.45) is 0 Å². The molecule has 8 heteroatoms. The number of hydrogen-bond donors (Lipinski definition) is 1. The largest absolute Gasteiger partial charge is 0.491 e. The molecule has 6 nitrogen and oxygen atoms in total. The Morgan fingerprint density at radius 1 is 1.38 bits per heavy atom. The minimum absolute atomic E-state index is 0.142. The number of rotatable bonds is 7. The molecular formula is C13H15FN4O2S. The van der Waals surface area contributed by atoms with E-state index in [1.807, 2.05) is 0 Å². The second-order valence-corrected chi connectivity index (χ2v) is 5.85. The Hall–Kier alpha value is -1.67. The Kier molecular flexibility index (Phi) is 4.35. The van der Waals surface area contributed by atoms with E-state index < -0.39 is 6.10 Å². The van der Waals surface area contributed by atoms with Gasteiger partial charge in [-0.2, -0.15) is 0 Å². The van der Waals surface area contributed by atoms with Crippen LogP contribution in [0, 0.1) is 5.82 Å². The van der Waals surface area contributed by atoms with E-state index in [2.05, 4.69) is 15.5 Å². The molecule has 1 N–H and O–H groups in total. The van der Waals surface area contributed by atoms with Crippen LogP contribution in [-0.2, 0) is 0 Å². The molecule has 1 fully saturated rings. The summed E-state index contributed by atoms with van der Waals surface area (Å²) in [6.07, 6.45) is 1.56. The van der Waals surface area contributed by atoms with Crippen LogP contribution in [-0.4, -0.2) is 43.8 Å². The summed E-state index contributed by atoms with van der Waals surface area (Å²) in [5, 5.41) is 22.2. The quantitative estimate of drug-likeness (QED) is 0.784. The number of nitrogens with zero attached hydrogens (tertiary/aromatic N) is 4. The number of aromatic nitrogens is 4. The SMILES string of the molecule is OC(COc1ccc(F)cc1)CSc1nnnn1C1CC1. The van der Waals surface area contributed by atoms with Gasteiger partial charge in [0.1, 0.15) is 18.2 Å². The van der Waals surface area contributed by atoms with E-state index in [0.717, 1.165) is 18.0 Å². The van der Waals surface area contributed by atoms with E-state index in [0.29, 0.717) is 17.5 Å². The summed E-state index contributed by atoms with van der Waals surface area (Å²) in [6, 6.07) is 6.11. The number of aliphatic hydroxyl groups excluding tert-OH is 1. The van der Waals surface area contributed by atoms with Crippen LogP contribution >= 0.6 is 11.8 Å². The van der Waals surface area contributed by atoms with Gasteiger partial charge in [-0.15, -0.1) is 5.10 Å². The molecule has 0 spiro atoms. The van der Waals surface area contributed by atoms with Crippen molar-refractivity contribution >= 4 is 11.8 Å². The third kappa shape index (κ3) is 3.92. The standard InChI is InChI=1S/C13H15FN4O2S/c14-9-1-5-12(6-2-9)20-7-11(19)8-21-13-15-16-17-18(13)10-3-4-10/h1-2,5-6,10-11,19H,3-4,7-8H2. The Bertz CT molecular complexity index is 588. The average molecular weight is 310 g/mol. The van der Waals surface area contributed by atoms with Crippen molar-refractivity contribution in [2.75, 3.05) is 12.4 Å². The van der Waals surface area contributed by atoms with E-state index in [9.17, 15) is 9.50 Å². The van der Waals surface area contributed by atoms with E-state index in [1.54, 1.807) is 4.68 Å². The number of thioether (sulfide) groups is 1. The summed E-state index contributed by atoms with van der Waals surface area (Å²) in [7, 11) is 0. The second-order valence-electron chi connectivity index (χ2n) is 4.87. The topological polar surface area (TPSA) is 73.1 Å². The Morgan fingerprint density at radius 3 is 2.86 bits per heavy atom. The molecular weight excluding hydrogens is 295 g/mol. The van der Waals surface area contributed by atoms with E-state index in [-0.39, 0.29) is 12.4 Å². The fourth-order valence-electron chi connectivity index (χ4n) is 1.77. The van der Waals surface area contributed by atoms with Crippen molar-refractivity contribution in [3.8, 4) is 5.75 Å². The first-order chi connectivity index (χ1) is 10.2. The number of halogens is 1. The molecule has 0 aliphatic heterocycles. The monoisotopic (exact) mass is 310 g/mol. The molecule has 1 aliphatic rings. The number of aliphatic hydroxyl groups is 1. The lowest BCUT2D eigenvalue weighted by atomic mass is 10.3. The molecule has 21 heavy (non-hydrogen) atoms. The van der Waals surface area contributed by atoms with Crippen LogP contribution in [0.15, 0.2) is 29.4 Å². The van der Waals surface area contributed by atoms with Crippen molar-refractivity contribution in [2.45, 2.75) is 30.1 Å². The number of hydrogen-bond acceptors (Lipinski definition) is 6. The summed E-state index contributed by atoms with van der Waals surface area (Å²) >= 11 is 1.40. The van der Waals surface area contributed by atoms with Gasteiger partial charge < -0.3 is 9.84 Å². The van der Waals surface area contributed by atoms with E-state index >= 15 is 0 Å².